The first-order valence-electron chi connectivity index (χ1n) is 34.0. The maximum absolute atomic E-state index is 13.2. The minimum atomic E-state index is -0.911. The van der Waals surface area contributed by atoms with Gasteiger partial charge in [-0.05, 0) is 134 Å². The summed E-state index contributed by atoms with van der Waals surface area (Å²) < 4.78 is 4.73. The zero-order valence-electron chi connectivity index (χ0n) is 58.0. The minimum Gasteiger partial charge on any atom is -0.508 e. The van der Waals surface area contributed by atoms with E-state index in [1.54, 1.807) is 79.0 Å². The standard InChI is InChI=1S/C29H25N3O5.C29H24N2O6.C25H24N2O5/c1-17-4-9-22-20(15-31-23(22)13-17)10-12-32-26(19-7-5-18(6-8-19)24(34)16-33)25(28(36)29(32)37)27(35)21-3-2-11-30-14-21;32-16-24(34)17-8-10-18(11-9-17)26-25(27(35)19-4-3-5-21(33)14-19)28(36)29(37)31(26)13-12-20-15-30-23-7-2-1-6-22(20)23;1-14-18(19-6-4-5-7-20(19)26-14)12-13-27-22(21(15(2)28)23(29)24(27)30)16-8-10-17(11-9-16)25(31)32-3/h2-9,11,13-15,26,31,33,35H,10,12,16H2,1H3;1-11,14-15,26,30,32-33,35H,12-13,16H2;4-11,22,26,29H,12-13H2,1-3H3. The van der Waals surface area contributed by atoms with Crippen LogP contribution in [-0.4, -0.2) is 158 Å². The number of benzene rings is 7. The largest absolute Gasteiger partial charge is 0.508 e. The number of aryl methyl sites for hydroxylation is 2. The Kier molecular flexibility index (Phi) is 21.4. The van der Waals surface area contributed by atoms with Crippen molar-refractivity contribution in [2.24, 2.45) is 0 Å². The number of likely N-dealkylation sites (tertiary alicyclic amines) is 2. The Morgan fingerprint density at radius 2 is 0.991 bits per heavy atom. The number of Topliss-reactive ketones (excluding diaryl/α,β-unsaturated/α-hetero) is 5. The normalized spacial score (nSPS) is 16.8. The van der Waals surface area contributed by atoms with Crippen molar-refractivity contribution in [3.8, 4) is 5.75 Å². The summed E-state index contributed by atoms with van der Waals surface area (Å²) in [5.74, 6) is -6.71. The third kappa shape index (κ3) is 14.5. The number of H-pyrrole nitrogens is 3. The summed E-state index contributed by atoms with van der Waals surface area (Å²) in [6.45, 7) is 4.82. The molecule has 2 saturated heterocycles. The quantitative estimate of drug-likeness (QED) is 0.0113. The number of phenolic OH excluding ortho intramolecular Hbond substituents is 1. The molecule has 106 heavy (non-hydrogen) atoms. The summed E-state index contributed by atoms with van der Waals surface area (Å²) in [6.07, 6.45) is 8.25. The molecule has 7 aromatic carbocycles. The van der Waals surface area contributed by atoms with Crippen LogP contribution in [0.15, 0.2) is 223 Å². The van der Waals surface area contributed by atoms with Crippen LogP contribution in [-0.2, 0) is 52.8 Å². The van der Waals surface area contributed by atoms with Crippen molar-refractivity contribution in [1.29, 1.82) is 0 Å². The number of carbonyl (C=O) groups is 9. The number of aromatic hydroxyl groups is 1. The Bertz CT molecular complexity index is 5400. The van der Waals surface area contributed by atoms with Crippen molar-refractivity contribution in [3.05, 3.63) is 296 Å². The molecule has 536 valence electrons. The number of aromatic nitrogens is 4. The molecule has 3 aliphatic heterocycles. The molecule has 3 atom stereocenters. The van der Waals surface area contributed by atoms with E-state index >= 15 is 0 Å². The topological polar surface area (TPSA) is 354 Å². The number of aliphatic hydroxyl groups is 5. The lowest BCUT2D eigenvalue weighted by Gasteiger charge is -2.27. The van der Waals surface area contributed by atoms with E-state index in [0.717, 1.165) is 60.7 Å². The number of esters is 1. The van der Waals surface area contributed by atoms with Gasteiger partial charge < -0.3 is 65.0 Å². The van der Waals surface area contributed by atoms with Crippen LogP contribution in [0.3, 0.4) is 0 Å². The highest BCUT2D eigenvalue weighted by atomic mass is 16.5. The highest BCUT2D eigenvalue weighted by Crippen LogP contribution is 2.43. The predicted octanol–water partition coefficient (Wildman–Crippen LogP) is 11.2. The van der Waals surface area contributed by atoms with Crippen molar-refractivity contribution < 1.29 is 78.5 Å². The summed E-state index contributed by atoms with van der Waals surface area (Å²) in [7, 11) is 1.30. The fourth-order valence-corrected chi connectivity index (χ4v) is 14.0. The highest BCUT2D eigenvalue weighted by Gasteiger charge is 2.48. The molecule has 7 heterocycles. The number of amides is 3. The molecule has 9 N–H and O–H groups in total. The van der Waals surface area contributed by atoms with Crippen LogP contribution in [0.2, 0.25) is 0 Å². The van der Waals surface area contributed by atoms with E-state index in [0.29, 0.717) is 59.2 Å². The van der Waals surface area contributed by atoms with Crippen LogP contribution in [0.25, 0.3) is 44.2 Å². The number of nitrogens with one attached hydrogen (secondary N) is 3. The lowest BCUT2D eigenvalue weighted by molar-refractivity contribution is -0.139. The van der Waals surface area contributed by atoms with E-state index in [-0.39, 0.29) is 58.2 Å². The van der Waals surface area contributed by atoms with Crippen molar-refractivity contribution >= 4 is 96.8 Å². The van der Waals surface area contributed by atoms with Gasteiger partial charge in [0, 0.05) is 105 Å². The molecule has 11 aromatic rings. The summed E-state index contributed by atoms with van der Waals surface area (Å²) in [5, 5.41) is 64.1. The van der Waals surface area contributed by atoms with Crippen LogP contribution >= 0.6 is 0 Å². The van der Waals surface area contributed by atoms with Crippen LogP contribution < -0.4 is 0 Å². The van der Waals surface area contributed by atoms with Gasteiger partial charge in [-0.2, -0.15) is 0 Å². The second-order valence-electron chi connectivity index (χ2n) is 25.8. The number of ketones is 5. The number of para-hydroxylation sites is 2. The number of pyridine rings is 1. The Morgan fingerprint density at radius 1 is 0.500 bits per heavy atom. The smallest absolute Gasteiger partial charge is 0.337 e. The van der Waals surface area contributed by atoms with Crippen molar-refractivity contribution in [2.45, 2.75) is 58.2 Å². The van der Waals surface area contributed by atoms with Gasteiger partial charge in [-0.1, -0.05) is 121 Å². The van der Waals surface area contributed by atoms with Gasteiger partial charge in [-0.25, -0.2) is 4.79 Å². The lowest BCUT2D eigenvalue weighted by atomic mass is 9.94. The zero-order chi connectivity index (χ0) is 75.2. The zero-order valence-corrected chi connectivity index (χ0v) is 58.0. The van der Waals surface area contributed by atoms with Gasteiger partial charge >= 0.3 is 5.97 Å². The summed E-state index contributed by atoms with van der Waals surface area (Å²) in [4.78, 5) is 132. The fourth-order valence-electron chi connectivity index (χ4n) is 14.0. The number of phenols is 1. The van der Waals surface area contributed by atoms with E-state index in [4.69, 9.17) is 9.84 Å². The molecule has 0 spiro atoms. The van der Waals surface area contributed by atoms with E-state index in [1.165, 1.54) is 71.3 Å². The number of nitrogens with zero attached hydrogens (tertiary/aromatic N) is 4. The van der Waals surface area contributed by atoms with Crippen LogP contribution in [0.4, 0.5) is 0 Å². The molecule has 3 unspecified atom stereocenters. The molecule has 4 aromatic heterocycles. The van der Waals surface area contributed by atoms with Gasteiger partial charge in [0.15, 0.2) is 23.1 Å². The minimum absolute atomic E-state index is 0.0335. The number of aromatic amines is 3. The maximum atomic E-state index is 13.2. The Balaban J connectivity index is 0.000000150. The summed E-state index contributed by atoms with van der Waals surface area (Å²) in [5.41, 5.74) is 11.3. The van der Waals surface area contributed by atoms with Gasteiger partial charge in [-0.15, -0.1) is 0 Å². The maximum Gasteiger partial charge on any atom is 0.337 e. The summed E-state index contributed by atoms with van der Waals surface area (Å²) in [6, 6.07) is 47.5. The van der Waals surface area contributed by atoms with E-state index in [2.05, 4.69) is 19.9 Å². The number of fused-ring (bicyclic) bond motifs is 3. The van der Waals surface area contributed by atoms with Crippen molar-refractivity contribution in [3.63, 3.8) is 0 Å². The Morgan fingerprint density at radius 3 is 1.53 bits per heavy atom. The second kappa shape index (κ2) is 31.2. The Hall–Kier alpha value is -13.1. The number of hydrogen-bond acceptors (Lipinski definition) is 17. The van der Waals surface area contributed by atoms with Gasteiger partial charge in [0.1, 0.15) is 30.5 Å². The van der Waals surface area contributed by atoms with Gasteiger partial charge in [0.25, 0.3) is 29.3 Å². The van der Waals surface area contributed by atoms with E-state index in [1.807, 2.05) is 93.0 Å². The highest BCUT2D eigenvalue weighted by molar-refractivity contribution is 6.47. The summed E-state index contributed by atoms with van der Waals surface area (Å²) >= 11 is 0. The van der Waals surface area contributed by atoms with Gasteiger partial charge in [0.2, 0.25) is 0 Å². The molecule has 0 radical (unpaired) electrons. The van der Waals surface area contributed by atoms with Crippen molar-refractivity contribution in [2.75, 3.05) is 40.0 Å². The number of rotatable bonds is 20. The first-order chi connectivity index (χ1) is 51.1. The number of carbonyl (C=O) groups excluding carboxylic acids is 9. The van der Waals surface area contributed by atoms with Crippen LogP contribution in [0.5, 0.6) is 5.75 Å². The molecule has 23 heteroatoms. The average Bonchev–Trinajstić information content (AvgIpc) is 1.62. The number of ether oxygens (including phenoxy) is 1. The monoisotopic (exact) mass is 1420 g/mol. The first kappa shape index (κ1) is 72.7. The van der Waals surface area contributed by atoms with Crippen LogP contribution in [0, 0.1) is 13.8 Å². The number of hydrogen-bond donors (Lipinski definition) is 9. The third-order valence-corrected chi connectivity index (χ3v) is 19.3. The van der Waals surface area contributed by atoms with Gasteiger partial charge in [0.05, 0.1) is 47.5 Å². The molecule has 0 aliphatic carbocycles. The molecule has 0 bridgehead atoms. The van der Waals surface area contributed by atoms with Gasteiger partial charge in [-0.3, -0.25) is 43.3 Å². The predicted molar refractivity (Wildman–Crippen MR) is 394 cm³/mol. The molecule has 3 aliphatic rings. The second-order valence-corrected chi connectivity index (χ2v) is 25.8. The Labute approximate surface area is 606 Å². The molecule has 2 fully saturated rings. The van der Waals surface area contributed by atoms with E-state index < -0.39 is 89.7 Å². The average molecular weight is 1420 g/mol. The molecule has 23 nitrogen and oxygen atoms in total. The number of aliphatic hydroxyl groups excluding tert-OH is 5. The third-order valence-electron chi connectivity index (χ3n) is 19.3. The fraction of sp³-hybridized carbons (Fsp3) is 0.181. The molecular formula is C83H73N7O16. The number of methoxy groups -OCH3 is 1. The SMILES string of the molecule is COC(=O)c1ccc(C2C(C(C)=O)=C(O)C(=O)N2CCc2c(C)[nH]c3ccccc23)cc1.Cc1ccc2c(CCN3C(=O)C(=O)C(=C(O)c4cccnc4)C3c3ccc(C(=O)CO)cc3)c[nH]c2c1.O=C1C(=O)N(CCc2c[nH]c3ccccc23)C(c2ccc(C(=O)CO)cc2)C1=C(O)c1cccc(O)c1. The van der Waals surface area contributed by atoms with Crippen LogP contribution in [0.1, 0.15) is 112 Å². The van der Waals surface area contributed by atoms with E-state index in [9.17, 15) is 68.7 Å². The molecule has 3 amide bonds. The molecule has 14 rings (SSSR count). The lowest BCUT2D eigenvalue weighted by Crippen LogP contribution is -2.33. The molecular weight excluding hydrogens is 1350 g/mol. The first-order valence-corrected chi connectivity index (χ1v) is 34.0. The molecule has 0 saturated carbocycles. The van der Waals surface area contributed by atoms with Crippen molar-refractivity contribution in [1.82, 2.24) is 34.6 Å².